The van der Waals surface area contributed by atoms with E-state index in [0.717, 1.165) is 15.8 Å². The maximum absolute atomic E-state index is 13.0. The third-order valence-electron chi connectivity index (χ3n) is 3.95. The second kappa shape index (κ2) is 6.83. The molecule has 4 nitrogen and oxygen atoms in total. The average molecular weight is 345 g/mol. The zero-order valence-electron chi connectivity index (χ0n) is 13.3. The number of nitrogens with one attached hydrogen (secondary N) is 1. The minimum atomic E-state index is -0.140. The fourth-order valence-electron chi connectivity index (χ4n) is 2.75. The number of carbonyl (C=O) groups is 1. The summed E-state index contributed by atoms with van der Waals surface area (Å²) in [6.45, 7) is 0.501. The van der Waals surface area contributed by atoms with Gasteiger partial charge in [0, 0.05) is 15.8 Å². The molecule has 0 atom stereocenters. The Labute approximate surface area is 149 Å². The zero-order chi connectivity index (χ0) is 17.1. The van der Waals surface area contributed by atoms with Gasteiger partial charge in [0.2, 0.25) is 0 Å². The molecule has 0 radical (unpaired) electrons. The van der Waals surface area contributed by atoms with Crippen molar-refractivity contribution in [2.24, 2.45) is 0 Å². The average Bonchev–Trinajstić information content (AvgIpc) is 3.19. The molecule has 1 N–H and O–H groups in total. The maximum Gasteiger partial charge on any atom is 0.254 e. The van der Waals surface area contributed by atoms with E-state index >= 15 is 0 Å². The van der Waals surface area contributed by atoms with Gasteiger partial charge in [0.1, 0.15) is 5.69 Å². The largest absolute Gasteiger partial charge is 0.347 e. The Morgan fingerprint density at radius 1 is 0.920 bits per heavy atom. The number of thiophene rings is 1. The molecule has 25 heavy (non-hydrogen) atoms. The number of nitrogens with zero attached hydrogens (tertiary/aromatic N) is 2. The summed E-state index contributed by atoms with van der Waals surface area (Å²) in [6.07, 6.45) is 0. The number of benzene rings is 2. The van der Waals surface area contributed by atoms with E-state index in [1.807, 2.05) is 72.1 Å². The Morgan fingerprint density at radius 2 is 1.72 bits per heavy atom. The Hall–Kier alpha value is -3.05. The van der Waals surface area contributed by atoms with Gasteiger partial charge < -0.3 is 5.32 Å². The van der Waals surface area contributed by atoms with Crippen molar-refractivity contribution in [3.8, 4) is 11.3 Å². The molecule has 0 unspecified atom stereocenters. The Bertz CT molecular complexity index is 1010. The molecule has 0 aliphatic heterocycles. The van der Waals surface area contributed by atoms with Crippen molar-refractivity contribution in [2.45, 2.75) is 6.54 Å². The number of hydrogen-bond donors (Lipinski definition) is 1. The molecule has 0 saturated carbocycles. The van der Waals surface area contributed by atoms with Gasteiger partial charge in [0.15, 0.2) is 0 Å². The molecule has 2 aromatic carbocycles. The second-order valence-electron chi connectivity index (χ2n) is 5.57. The summed E-state index contributed by atoms with van der Waals surface area (Å²) in [5.41, 5.74) is 2.75. The number of aromatic nitrogens is 2. The van der Waals surface area contributed by atoms with Gasteiger partial charge in [0.05, 0.1) is 17.6 Å². The SMILES string of the molecule is O=C(NCc1cccs1)c1c(-c2ccccc2)nnc2ccccc12. The van der Waals surface area contributed by atoms with E-state index in [4.69, 9.17) is 0 Å². The highest BCUT2D eigenvalue weighted by molar-refractivity contribution is 7.09. The first kappa shape index (κ1) is 15.5. The van der Waals surface area contributed by atoms with Gasteiger partial charge in [-0.05, 0) is 17.5 Å². The molecule has 0 bridgehead atoms. The normalized spacial score (nSPS) is 10.7. The van der Waals surface area contributed by atoms with Gasteiger partial charge in [0.25, 0.3) is 5.91 Å². The van der Waals surface area contributed by atoms with E-state index in [1.54, 1.807) is 11.3 Å². The molecule has 1 amide bonds. The minimum absolute atomic E-state index is 0.140. The maximum atomic E-state index is 13.0. The van der Waals surface area contributed by atoms with Gasteiger partial charge in [-0.3, -0.25) is 4.79 Å². The zero-order valence-corrected chi connectivity index (χ0v) is 14.2. The number of rotatable bonds is 4. The summed E-state index contributed by atoms with van der Waals surface area (Å²) >= 11 is 1.62. The Kier molecular flexibility index (Phi) is 4.23. The molecule has 0 aliphatic carbocycles. The number of fused-ring (bicyclic) bond motifs is 1. The predicted octanol–water partition coefficient (Wildman–Crippen LogP) is 4.29. The van der Waals surface area contributed by atoms with E-state index in [-0.39, 0.29) is 5.91 Å². The molecular weight excluding hydrogens is 330 g/mol. The molecular formula is C20H15N3OS. The van der Waals surface area contributed by atoms with Gasteiger partial charge in [-0.25, -0.2) is 0 Å². The molecule has 0 aliphatic rings. The Morgan fingerprint density at radius 3 is 2.52 bits per heavy atom. The van der Waals surface area contributed by atoms with Crippen molar-refractivity contribution in [3.05, 3.63) is 82.6 Å². The molecule has 2 heterocycles. The van der Waals surface area contributed by atoms with Crippen molar-refractivity contribution in [1.82, 2.24) is 15.5 Å². The van der Waals surface area contributed by atoms with Crippen LogP contribution in [0.1, 0.15) is 15.2 Å². The molecule has 2 aromatic heterocycles. The minimum Gasteiger partial charge on any atom is -0.347 e. The molecule has 4 aromatic rings. The van der Waals surface area contributed by atoms with E-state index in [1.165, 1.54) is 0 Å². The molecule has 0 fully saturated rings. The van der Waals surface area contributed by atoms with Crippen LogP contribution < -0.4 is 5.32 Å². The highest BCUT2D eigenvalue weighted by Gasteiger charge is 2.19. The van der Waals surface area contributed by atoms with Crippen molar-refractivity contribution in [2.75, 3.05) is 0 Å². The fourth-order valence-corrected chi connectivity index (χ4v) is 3.40. The van der Waals surface area contributed by atoms with Crippen LogP contribution in [0.5, 0.6) is 0 Å². The predicted molar refractivity (Wildman–Crippen MR) is 100 cm³/mol. The summed E-state index contributed by atoms with van der Waals surface area (Å²) in [4.78, 5) is 14.1. The number of amides is 1. The smallest absolute Gasteiger partial charge is 0.254 e. The molecule has 122 valence electrons. The highest BCUT2D eigenvalue weighted by Crippen LogP contribution is 2.27. The second-order valence-corrected chi connectivity index (χ2v) is 6.60. The van der Waals surface area contributed by atoms with Gasteiger partial charge in [-0.1, -0.05) is 54.6 Å². The summed E-state index contributed by atoms with van der Waals surface area (Å²) in [7, 11) is 0. The van der Waals surface area contributed by atoms with E-state index < -0.39 is 0 Å². The fraction of sp³-hybridized carbons (Fsp3) is 0.0500. The number of hydrogen-bond acceptors (Lipinski definition) is 4. The van der Waals surface area contributed by atoms with Crippen molar-refractivity contribution in [1.29, 1.82) is 0 Å². The molecule has 5 heteroatoms. The van der Waals surface area contributed by atoms with E-state index in [0.29, 0.717) is 23.3 Å². The van der Waals surface area contributed by atoms with Crippen molar-refractivity contribution >= 4 is 28.1 Å². The van der Waals surface area contributed by atoms with Crippen LogP contribution in [0.4, 0.5) is 0 Å². The van der Waals surface area contributed by atoms with Crippen molar-refractivity contribution < 1.29 is 4.79 Å². The quantitative estimate of drug-likeness (QED) is 0.600. The molecule has 0 saturated heterocycles. The van der Waals surface area contributed by atoms with Crippen LogP contribution in [0.25, 0.3) is 22.2 Å². The third-order valence-corrected chi connectivity index (χ3v) is 4.82. The van der Waals surface area contributed by atoms with Crippen LogP contribution >= 0.6 is 11.3 Å². The summed E-state index contributed by atoms with van der Waals surface area (Å²) in [6, 6.07) is 21.2. The van der Waals surface area contributed by atoms with Crippen LogP contribution in [0, 0.1) is 0 Å². The van der Waals surface area contributed by atoms with Gasteiger partial charge in [-0.2, -0.15) is 0 Å². The topological polar surface area (TPSA) is 54.9 Å². The van der Waals surface area contributed by atoms with Gasteiger partial charge in [-0.15, -0.1) is 21.5 Å². The first-order valence-electron chi connectivity index (χ1n) is 7.94. The standard InChI is InChI=1S/C20H15N3OS/c24-20(21-13-15-9-6-12-25-15)18-16-10-4-5-11-17(16)22-23-19(18)14-7-2-1-3-8-14/h1-12H,13H2,(H,21,24). The third kappa shape index (κ3) is 3.14. The van der Waals surface area contributed by atoms with Crippen molar-refractivity contribution in [3.63, 3.8) is 0 Å². The monoisotopic (exact) mass is 345 g/mol. The van der Waals surface area contributed by atoms with Crippen LogP contribution in [0.2, 0.25) is 0 Å². The summed E-state index contributed by atoms with van der Waals surface area (Å²) in [5.74, 6) is -0.140. The first-order chi connectivity index (χ1) is 12.3. The molecule has 4 rings (SSSR count). The summed E-state index contributed by atoms with van der Waals surface area (Å²) < 4.78 is 0. The highest BCUT2D eigenvalue weighted by atomic mass is 32.1. The van der Waals surface area contributed by atoms with E-state index in [9.17, 15) is 4.79 Å². The van der Waals surface area contributed by atoms with Crippen LogP contribution in [0.15, 0.2) is 72.1 Å². The lowest BCUT2D eigenvalue weighted by Crippen LogP contribution is -2.24. The summed E-state index contributed by atoms with van der Waals surface area (Å²) in [5, 5.41) is 14.4. The first-order valence-corrected chi connectivity index (χ1v) is 8.82. The van der Waals surface area contributed by atoms with Gasteiger partial charge >= 0.3 is 0 Å². The Balaban J connectivity index is 1.80. The van der Waals surface area contributed by atoms with Crippen LogP contribution in [-0.4, -0.2) is 16.1 Å². The number of carbonyl (C=O) groups excluding carboxylic acids is 1. The molecule has 0 spiro atoms. The lowest BCUT2D eigenvalue weighted by molar-refractivity contribution is 0.0953. The van der Waals surface area contributed by atoms with Crippen LogP contribution in [0.3, 0.4) is 0 Å². The lowest BCUT2D eigenvalue weighted by atomic mass is 10.0. The van der Waals surface area contributed by atoms with E-state index in [2.05, 4.69) is 15.5 Å². The lowest BCUT2D eigenvalue weighted by Gasteiger charge is -2.11. The van der Waals surface area contributed by atoms with Crippen LogP contribution in [-0.2, 0) is 6.54 Å².